The van der Waals surface area contributed by atoms with Gasteiger partial charge in [-0.15, -0.1) is 0 Å². The van der Waals surface area contributed by atoms with Gasteiger partial charge in [0.1, 0.15) is 23.8 Å². The molecule has 0 aliphatic heterocycles. The van der Waals surface area contributed by atoms with Gasteiger partial charge in [0.2, 0.25) is 0 Å². The first-order valence-corrected chi connectivity index (χ1v) is 8.37. The molecule has 0 saturated heterocycles. The highest BCUT2D eigenvalue weighted by atomic mass is 16.5. The number of rotatable bonds is 7. The van der Waals surface area contributed by atoms with Gasteiger partial charge in [-0.1, -0.05) is 18.2 Å². The molecule has 130 valence electrons. The highest BCUT2D eigenvalue weighted by molar-refractivity contribution is 5.99. The predicted octanol–water partition coefficient (Wildman–Crippen LogP) is 3.39. The van der Waals surface area contributed by atoms with E-state index in [1.54, 1.807) is 0 Å². The number of fused-ring (bicyclic) bond motifs is 1. The Morgan fingerprint density at radius 3 is 2.60 bits per heavy atom. The largest absolute Gasteiger partial charge is 0.494 e. The van der Waals surface area contributed by atoms with Crippen LogP contribution in [0.25, 0.3) is 10.9 Å². The summed E-state index contributed by atoms with van der Waals surface area (Å²) >= 11 is 0. The molecule has 3 rings (SSSR count). The van der Waals surface area contributed by atoms with Crippen LogP contribution in [0.15, 0.2) is 54.6 Å². The smallest absolute Gasteiger partial charge is 0.268 e. The van der Waals surface area contributed by atoms with E-state index in [0.29, 0.717) is 25.5 Å². The maximum atomic E-state index is 12.4. The van der Waals surface area contributed by atoms with Gasteiger partial charge in [0, 0.05) is 18.0 Å². The Kier molecular flexibility index (Phi) is 5.23. The molecule has 0 unspecified atom stereocenters. The molecule has 0 radical (unpaired) electrons. The second-order valence-corrected chi connectivity index (χ2v) is 5.66. The molecule has 0 bridgehead atoms. The van der Waals surface area contributed by atoms with Crippen molar-refractivity contribution in [3.63, 3.8) is 0 Å². The van der Waals surface area contributed by atoms with Crippen LogP contribution in [0.4, 0.5) is 0 Å². The molecule has 1 heterocycles. The first kappa shape index (κ1) is 16.9. The van der Waals surface area contributed by atoms with E-state index in [4.69, 9.17) is 9.47 Å². The first-order chi connectivity index (χ1) is 12.2. The molecule has 3 aromatic rings. The highest BCUT2D eigenvalue weighted by Gasteiger charge is 2.13. The summed E-state index contributed by atoms with van der Waals surface area (Å²) in [5.41, 5.74) is 1.61. The van der Waals surface area contributed by atoms with Crippen molar-refractivity contribution in [2.45, 2.75) is 6.92 Å². The molecule has 1 aromatic heterocycles. The third-order valence-electron chi connectivity index (χ3n) is 3.96. The minimum atomic E-state index is -0.117. The molecule has 5 heteroatoms. The number of para-hydroxylation sites is 1. The number of aryl methyl sites for hydroxylation is 1. The Morgan fingerprint density at radius 2 is 1.84 bits per heavy atom. The molecule has 0 spiro atoms. The zero-order chi connectivity index (χ0) is 17.6. The lowest BCUT2D eigenvalue weighted by Gasteiger charge is -2.08. The molecule has 1 amide bonds. The molecule has 2 aromatic carbocycles. The fourth-order valence-corrected chi connectivity index (χ4v) is 2.74. The van der Waals surface area contributed by atoms with E-state index in [1.807, 2.05) is 73.1 Å². The Balaban J connectivity index is 1.62. The van der Waals surface area contributed by atoms with Crippen molar-refractivity contribution in [2.75, 3.05) is 19.8 Å². The average molecular weight is 338 g/mol. The first-order valence-electron chi connectivity index (χ1n) is 8.37. The van der Waals surface area contributed by atoms with E-state index < -0.39 is 0 Å². The lowest BCUT2D eigenvalue weighted by molar-refractivity contribution is 0.0939. The van der Waals surface area contributed by atoms with Crippen molar-refractivity contribution in [2.24, 2.45) is 7.05 Å². The van der Waals surface area contributed by atoms with E-state index in [0.717, 1.165) is 22.4 Å². The van der Waals surface area contributed by atoms with E-state index in [-0.39, 0.29) is 5.91 Å². The molecule has 1 N–H and O–H groups in total. The van der Waals surface area contributed by atoms with Crippen molar-refractivity contribution in [3.8, 4) is 11.5 Å². The molecule has 0 saturated carbocycles. The summed E-state index contributed by atoms with van der Waals surface area (Å²) in [6.45, 7) is 3.44. The monoisotopic (exact) mass is 338 g/mol. The van der Waals surface area contributed by atoms with E-state index >= 15 is 0 Å². The highest BCUT2D eigenvalue weighted by Crippen LogP contribution is 2.24. The number of nitrogens with one attached hydrogen (secondary N) is 1. The number of hydrogen-bond acceptors (Lipinski definition) is 3. The van der Waals surface area contributed by atoms with Gasteiger partial charge in [-0.05, 0) is 43.3 Å². The maximum absolute atomic E-state index is 12.4. The topological polar surface area (TPSA) is 52.5 Å². The Labute approximate surface area is 147 Å². The van der Waals surface area contributed by atoms with E-state index in [2.05, 4.69) is 5.32 Å². The van der Waals surface area contributed by atoms with Gasteiger partial charge in [0.05, 0.1) is 13.2 Å². The lowest BCUT2D eigenvalue weighted by Crippen LogP contribution is -2.29. The van der Waals surface area contributed by atoms with Crippen molar-refractivity contribution < 1.29 is 14.3 Å². The summed E-state index contributed by atoms with van der Waals surface area (Å²) in [4.78, 5) is 12.4. The molecule has 0 aliphatic carbocycles. The van der Waals surface area contributed by atoms with Crippen LogP contribution in [0, 0.1) is 0 Å². The second-order valence-electron chi connectivity index (χ2n) is 5.66. The third kappa shape index (κ3) is 3.94. The van der Waals surface area contributed by atoms with Crippen LogP contribution in [0.2, 0.25) is 0 Å². The molecule has 5 nitrogen and oxygen atoms in total. The zero-order valence-electron chi connectivity index (χ0n) is 14.5. The number of aromatic nitrogens is 1. The normalized spacial score (nSPS) is 10.6. The third-order valence-corrected chi connectivity index (χ3v) is 3.96. The van der Waals surface area contributed by atoms with Gasteiger partial charge in [-0.25, -0.2) is 0 Å². The van der Waals surface area contributed by atoms with Gasteiger partial charge >= 0.3 is 0 Å². The summed E-state index contributed by atoms with van der Waals surface area (Å²) in [5, 5.41) is 3.88. The van der Waals surface area contributed by atoms with Crippen LogP contribution >= 0.6 is 0 Å². The summed E-state index contributed by atoms with van der Waals surface area (Å²) in [5.74, 6) is 1.49. The molecule has 0 atom stereocenters. The number of hydrogen-bond donors (Lipinski definition) is 1. The van der Waals surface area contributed by atoms with Crippen LogP contribution in [-0.2, 0) is 7.05 Å². The molecular weight excluding hydrogens is 316 g/mol. The molecule has 25 heavy (non-hydrogen) atoms. The maximum Gasteiger partial charge on any atom is 0.268 e. The SMILES string of the molecule is CCOc1ccc2c(c1)cc(C(=O)NCCOc1ccccc1)n2C. The number of nitrogens with zero attached hydrogens (tertiary/aromatic N) is 1. The van der Waals surface area contributed by atoms with Crippen LogP contribution < -0.4 is 14.8 Å². The van der Waals surface area contributed by atoms with Gasteiger partial charge in [-0.2, -0.15) is 0 Å². The number of ether oxygens (including phenoxy) is 2. The summed E-state index contributed by atoms with van der Waals surface area (Å²) in [6.07, 6.45) is 0. The van der Waals surface area contributed by atoms with Crippen LogP contribution in [0.1, 0.15) is 17.4 Å². The van der Waals surface area contributed by atoms with Crippen LogP contribution in [0.3, 0.4) is 0 Å². The number of carbonyl (C=O) groups is 1. The minimum absolute atomic E-state index is 0.117. The standard InChI is InChI=1S/C20H22N2O3/c1-3-24-17-9-10-18-15(13-17)14-19(22(18)2)20(23)21-11-12-25-16-7-5-4-6-8-16/h4-10,13-14H,3,11-12H2,1-2H3,(H,21,23). The Bertz CT molecular complexity index is 856. The average Bonchev–Trinajstić information content (AvgIpc) is 2.96. The van der Waals surface area contributed by atoms with Crippen molar-refractivity contribution in [1.82, 2.24) is 9.88 Å². The van der Waals surface area contributed by atoms with E-state index in [1.165, 1.54) is 0 Å². The summed E-state index contributed by atoms with van der Waals surface area (Å²) in [7, 11) is 1.89. The molecular formula is C20H22N2O3. The van der Waals surface area contributed by atoms with Crippen molar-refractivity contribution in [3.05, 3.63) is 60.3 Å². The number of benzene rings is 2. The fraction of sp³-hybridized carbons (Fsp3) is 0.250. The van der Waals surface area contributed by atoms with Crippen LogP contribution in [0.5, 0.6) is 11.5 Å². The van der Waals surface area contributed by atoms with Gasteiger partial charge in [0.25, 0.3) is 5.91 Å². The fourth-order valence-electron chi connectivity index (χ4n) is 2.74. The minimum Gasteiger partial charge on any atom is -0.494 e. The second kappa shape index (κ2) is 7.75. The predicted molar refractivity (Wildman–Crippen MR) is 98.4 cm³/mol. The Hall–Kier alpha value is -2.95. The lowest BCUT2D eigenvalue weighted by atomic mass is 10.2. The number of amides is 1. The van der Waals surface area contributed by atoms with Gasteiger partial charge < -0.3 is 19.4 Å². The van der Waals surface area contributed by atoms with Crippen molar-refractivity contribution in [1.29, 1.82) is 0 Å². The summed E-state index contributed by atoms with van der Waals surface area (Å²) < 4.78 is 13.0. The zero-order valence-corrected chi connectivity index (χ0v) is 14.5. The van der Waals surface area contributed by atoms with Gasteiger partial charge in [0.15, 0.2) is 0 Å². The van der Waals surface area contributed by atoms with Crippen LogP contribution in [-0.4, -0.2) is 30.2 Å². The quantitative estimate of drug-likeness (QED) is 0.672. The van der Waals surface area contributed by atoms with Gasteiger partial charge in [-0.3, -0.25) is 4.79 Å². The molecule has 0 aliphatic rings. The van der Waals surface area contributed by atoms with E-state index in [9.17, 15) is 4.79 Å². The van der Waals surface area contributed by atoms with Crippen molar-refractivity contribution >= 4 is 16.8 Å². The number of carbonyl (C=O) groups excluding carboxylic acids is 1. The summed E-state index contributed by atoms with van der Waals surface area (Å²) in [6, 6.07) is 17.3. The Morgan fingerprint density at radius 1 is 1.04 bits per heavy atom. The molecule has 0 fully saturated rings.